The lowest BCUT2D eigenvalue weighted by atomic mass is 10.1. The van der Waals surface area contributed by atoms with E-state index in [1.165, 1.54) is 6.07 Å². The lowest BCUT2D eigenvalue weighted by molar-refractivity contribution is -0.137. The Kier molecular flexibility index (Phi) is 4.75. The van der Waals surface area contributed by atoms with E-state index in [0.29, 0.717) is 19.0 Å². The van der Waals surface area contributed by atoms with Crippen molar-refractivity contribution in [1.29, 1.82) is 5.26 Å². The van der Waals surface area contributed by atoms with Crippen LogP contribution in [0.4, 0.5) is 13.2 Å². The van der Waals surface area contributed by atoms with E-state index in [-0.39, 0.29) is 6.04 Å². The van der Waals surface area contributed by atoms with Gasteiger partial charge in [-0.3, -0.25) is 0 Å². The molecule has 5 nitrogen and oxygen atoms in total. The maximum absolute atomic E-state index is 12.9. The fourth-order valence-electron chi connectivity index (χ4n) is 2.26. The number of piperidine rings is 1. The van der Waals surface area contributed by atoms with Crippen LogP contribution in [-0.2, 0) is 16.2 Å². The van der Waals surface area contributed by atoms with Crippen molar-refractivity contribution in [2.45, 2.75) is 30.0 Å². The van der Waals surface area contributed by atoms with Crippen molar-refractivity contribution >= 4 is 10.0 Å². The van der Waals surface area contributed by atoms with Crippen LogP contribution < -0.4 is 10.0 Å². The molecule has 1 atom stereocenters. The summed E-state index contributed by atoms with van der Waals surface area (Å²) < 4.78 is 65.4. The third-order valence-electron chi connectivity index (χ3n) is 3.35. The zero-order valence-corrected chi connectivity index (χ0v) is 12.3. The summed E-state index contributed by atoms with van der Waals surface area (Å²) in [5.74, 6) is 0. The van der Waals surface area contributed by atoms with Crippen molar-refractivity contribution < 1.29 is 21.6 Å². The Labute approximate surface area is 126 Å². The monoisotopic (exact) mass is 333 g/mol. The molecule has 9 heteroatoms. The van der Waals surface area contributed by atoms with E-state index in [2.05, 4.69) is 10.0 Å². The Balaban J connectivity index is 2.33. The molecule has 2 rings (SSSR count). The summed E-state index contributed by atoms with van der Waals surface area (Å²) in [7, 11) is -4.07. The first-order valence-electron chi connectivity index (χ1n) is 6.58. The second-order valence-electron chi connectivity index (χ2n) is 4.98. The van der Waals surface area contributed by atoms with E-state index in [4.69, 9.17) is 5.26 Å². The largest absolute Gasteiger partial charge is 0.417 e. The normalized spacial score (nSPS) is 19.6. The Bertz CT molecular complexity index is 689. The predicted octanol–water partition coefficient (Wildman–Crippen LogP) is 1.61. The van der Waals surface area contributed by atoms with Gasteiger partial charge in [-0.2, -0.15) is 18.4 Å². The van der Waals surface area contributed by atoms with Gasteiger partial charge in [0.25, 0.3) is 0 Å². The zero-order chi connectivity index (χ0) is 16.4. The van der Waals surface area contributed by atoms with Crippen LogP contribution in [0.1, 0.15) is 24.0 Å². The van der Waals surface area contributed by atoms with Gasteiger partial charge >= 0.3 is 6.18 Å². The van der Waals surface area contributed by atoms with E-state index in [1.807, 2.05) is 0 Å². The topological polar surface area (TPSA) is 82.0 Å². The molecular weight excluding hydrogens is 319 g/mol. The van der Waals surface area contributed by atoms with E-state index < -0.39 is 32.2 Å². The average Bonchev–Trinajstić information content (AvgIpc) is 2.46. The lowest BCUT2D eigenvalue weighted by Gasteiger charge is -2.23. The second-order valence-corrected chi connectivity index (χ2v) is 6.70. The van der Waals surface area contributed by atoms with E-state index in [0.717, 1.165) is 25.1 Å². The molecule has 22 heavy (non-hydrogen) atoms. The number of benzene rings is 1. The highest BCUT2D eigenvalue weighted by molar-refractivity contribution is 7.89. The molecule has 2 N–H and O–H groups in total. The van der Waals surface area contributed by atoms with Crippen LogP contribution in [0, 0.1) is 11.3 Å². The SMILES string of the molecule is N#Cc1ccc(S(=O)(=O)N[C@@H]2CCCNC2)cc1C(F)(F)F. The standard InChI is InChI=1S/C13H14F3N3O2S/c14-13(15,16)12-6-11(4-3-9(12)7-17)22(20,21)19-10-2-1-5-18-8-10/h3-4,6,10,18-19H,1-2,5,8H2/t10-/m1/s1. The van der Waals surface area contributed by atoms with Crippen molar-refractivity contribution in [2.24, 2.45) is 0 Å². The summed E-state index contributed by atoms with van der Waals surface area (Å²) in [5.41, 5.74) is -1.86. The van der Waals surface area contributed by atoms with Gasteiger partial charge in [0.1, 0.15) is 0 Å². The van der Waals surface area contributed by atoms with Gasteiger partial charge < -0.3 is 5.32 Å². The Morgan fingerprint density at radius 3 is 2.64 bits per heavy atom. The van der Waals surface area contributed by atoms with Crippen LogP contribution in [0.3, 0.4) is 0 Å². The van der Waals surface area contributed by atoms with Crippen LogP contribution in [0.5, 0.6) is 0 Å². The van der Waals surface area contributed by atoms with E-state index in [9.17, 15) is 21.6 Å². The van der Waals surface area contributed by atoms with E-state index >= 15 is 0 Å². The number of nitrogens with one attached hydrogen (secondary N) is 2. The Morgan fingerprint density at radius 1 is 1.36 bits per heavy atom. The predicted molar refractivity (Wildman–Crippen MR) is 72.4 cm³/mol. The fourth-order valence-corrected chi connectivity index (χ4v) is 3.56. The van der Waals surface area contributed by atoms with Gasteiger partial charge in [0, 0.05) is 12.6 Å². The third-order valence-corrected chi connectivity index (χ3v) is 4.86. The number of rotatable bonds is 3. The first-order chi connectivity index (χ1) is 10.2. The molecule has 0 aliphatic carbocycles. The van der Waals surface area contributed by atoms with Gasteiger partial charge in [-0.1, -0.05) is 0 Å². The maximum Gasteiger partial charge on any atom is 0.417 e. The van der Waals surface area contributed by atoms with Gasteiger partial charge in [0.2, 0.25) is 10.0 Å². The minimum atomic E-state index is -4.79. The van der Waals surface area contributed by atoms with Crippen molar-refractivity contribution in [3.8, 4) is 6.07 Å². The molecule has 1 saturated heterocycles. The van der Waals surface area contributed by atoms with E-state index in [1.54, 1.807) is 0 Å². The molecule has 0 bridgehead atoms. The first-order valence-corrected chi connectivity index (χ1v) is 8.07. The minimum Gasteiger partial charge on any atom is -0.315 e. The molecular formula is C13H14F3N3O2S. The number of nitriles is 1. The van der Waals surface area contributed by atoms with Crippen LogP contribution in [0.2, 0.25) is 0 Å². The molecule has 0 unspecified atom stereocenters. The maximum atomic E-state index is 12.9. The van der Waals surface area contributed by atoms with Gasteiger partial charge in [-0.25, -0.2) is 13.1 Å². The first kappa shape index (κ1) is 16.7. The molecule has 1 heterocycles. The molecule has 1 fully saturated rings. The molecule has 1 aliphatic heterocycles. The van der Waals surface area contributed by atoms with Crippen LogP contribution in [0.15, 0.2) is 23.1 Å². The molecule has 0 radical (unpaired) electrons. The third kappa shape index (κ3) is 3.76. The number of sulfonamides is 1. The Hall–Kier alpha value is -1.63. The van der Waals surface area contributed by atoms with Gasteiger partial charge in [-0.05, 0) is 37.6 Å². The van der Waals surface area contributed by atoms with Crippen molar-refractivity contribution in [1.82, 2.24) is 10.0 Å². The molecule has 0 aromatic heterocycles. The number of nitrogens with zero attached hydrogens (tertiary/aromatic N) is 1. The van der Waals surface area contributed by atoms with Crippen molar-refractivity contribution in [3.63, 3.8) is 0 Å². The summed E-state index contributed by atoms with van der Waals surface area (Å²) in [6.07, 6.45) is -3.38. The zero-order valence-electron chi connectivity index (χ0n) is 11.4. The highest BCUT2D eigenvalue weighted by Crippen LogP contribution is 2.33. The molecule has 120 valence electrons. The smallest absolute Gasteiger partial charge is 0.315 e. The fraction of sp³-hybridized carbons (Fsp3) is 0.462. The summed E-state index contributed by atoms with van der Waals surface area (Å²) in [6, 6.07) is 3.43. The van der Waals surface area contributed by atoms with Gasteiger partial charge in [0.15, 0.2) is 0 Å². The minimum absolute atomic E-state index is 0.358. The molecule has 0 amide bonds. The Morgan fingerprint density at radius 2 is 2.09 bits per heavy atom. The average molecular weight is 333 g/mol. The van der Waals surface area contributed by atoms with Gasteiger partial charge in [0.05, 0.1) is 22.1 Å². The molecule has 1 aromatic rings. The number of hydrogen-bond donors (Lipinski definition) is 2. The molecule has 1 aromatic carbocycles. The summed E-state index contributed by atoms with van der Waals surface area (Å²) in [6.45, 7) is 1.22. The van der Waals surface area contributed by atoms with Crippen molar-refractivity contribution in [3.05, 3.63) is 29.3 Å². The summed E-state index contributed by atoms with van der Waals surface area (Å²) in [4.78, 5) is -0.496. The van der Waals surface area contributed by atoms with Crippen molar-refractivity contribution in [2.75, 3.05) is 13.1 Å². The van der Waals surface area contributed by atoms with Crippen LogP contribution >= 0.6 is 0 Å². The number of alkyl halides is 3. The highest BCUT2D eigenvalue weighted by atomic mass is 32.2. The molecule has 0 saturated carbocycles. The lowest BCUT2D eigenvalue weighted by Crippen LogP contribution is -2.45. The molecule has 1 aliphatic rings. The van der Waals surface area contributed by atoms with Crippen LogP contribution in [-0.4, -0.2) is 27.5 Å². The number of hydrogen-bond acceptors (Lipinski definition) is 4. The van der Waals surface area contributed by atoms with Crippen LogP contribution in [0.25, 0.3) is 0 Å². The second kappa shape index (κ2) is 6.24. The summed E-state index contributed by atoms with van der Waals surface area (Å²) in [5, 5.41) is 11.7. The van der Waals surface area contributed by atoms with Gasteiger partial charge in [-0.15, -0.1) is 0 Å². The number of halogens is 3. The summed E-state index contributed by atoms with van der Waals surface area (Å²) >= 11 is 0. The quantitative estimate of drug-likeness (QED) is 0.880. The highest BCUT2D eigenvalue weighted by Gasteiger charge is 2.35. The molecule has 0 spiro atoms.